The van der Waals surface area contributed by atoms with Crippen molar-refractivity contribution in [2.24, 2.45) is 29.4 Å². The molecule has 1 aliphatic rings. The van der Waals surface area contributed by atoms with Crippen LogP contribution < -0.4 is 43.0 Å². The van der Waals surface area contributed by atoms with Gasteiger partial charge in [-0.1, -0.05) is 73.6 Å². The lowest BCUT2D eigenvalue weighted by Gasteiger charge is -2.31. The highest BCUT2D eigenvalue weighted by molar-refractivity contribution is 5.98. The Morgan fingerprint density at radius 3 is 1.85 bits per heavy atom. The maximum Gasteiger partial charge on any atom is 0.326 e. The molecule has 11 N–H and O–H groups in total. The zero-order valence-electron chi connectivity index (χ0n) is 39.0. The Hall–Kier alpha value is -6.05. The molecule has 1 aliphatic heterocycles. The fourth-order valence-electron chi connectivity index (χ4n) is 7.62. The normalized spacial score (nSPS) is 16.6. The van der Waals surface area contributed by atoms with Gasteiger partial charge in [-0.05, 0) is 67.9 Å². The number of amides is 8. The van der Waals surface area contributed by atoms with Gasteiger partial charge in [-0.2, -0.15) is 0 Å². The molecule has 0 bridgehead atoms. The lowest BCUT2D eigenvalue weighted by atomic mass is 9.99. The SMILES string of the molecule is CC(C)C[C@H](NC(=O)[C@H](CC(C)C)NC(=O)[C@H](Cc1c[nH]c2ccccc12)NC(=O)[C@H](C)NC(=O)CN)C(=O)NCC(=O)N[C@H](C(=O)N1CCC[C@H]1C(=O)N[C@H](C(=O)O)C(C)C)C(C)C. The minimum absolute atomic E-state index is 0.0261. The minimum Gasteiger partial charge on any atom is -0.480 e. The highest BCUT2D eigenvalue weighted by Crippen LogP contribution is 2.22. The van der Waals surface area contributed by atoms with E-state index in [0.29, 0.717) is 18.4 Å². The first-order valence-electron chi connectivity index (χ1n) is 22.4. The van der Waals surface area contributed by atoms with Crippen molar-refractivity contribution >= 4 is 64.1 Å². The smallest absolute Gasteiger partial charge is 0.326 e. The summed E-state index contributed by atoms with van der Waals surface area (Å²) in [6.45, 7) is 14.9. The average Bonchev–Trinajstić information content (AvgIpc) is 3.90. The fourth-order valence-corrected chi connectivity index (χ4v) is 7.62. The van der Waals surface area contributed by atoms with Crippen LogP contribution in [0.25, 0.3) is 10.9 Å². The Morgan fingerprint density at radius 1 is 0.708 bits per heavy atom. The van der Waals surface area contributed by atoms with E-state index in [1.807, 2.05) is 52.0 Å². The van der Waals surface area contributed by atoms with E-state index in [-0.39, 0.29) is 44.2 Å². The number of H-pyrrole nitrogens is 1. The van der Waals surface area contributed by atoms with Crippen LogP contribution in [-0.4, -0.2) is 130 Å². The molecule has 20 nitrogen and oxygen atoms in total. The van der Waals surface area contributed by atoms with Gasteiger partial charge >= 0.3 is 5.97 Å². The van der Waals surface area contributed by atoms with Crippen LogP contribution in [0.5, 0.6) is 0 Å². The van der Waals surface area contributed by atoms with Crippen molar-refractivity contribution in [3.8, 4) is 0 Å². The molecule has 0 radical (unpaired) electrons. The number of carbonyl (C=O) groups is 9. The molecule has 20 heteroatoms. The number of hydrogen-bond acceptors (Lipinski definition) is 10. The number of carboxylic acid groups (broad SMARTS) is 1. The van der Waals surface area contributed by atoms with Gasteiger partial charge in [0.15, 0.2) is 0 Å². The number of hydrogen-bond donors (Lipinski definition) is 10. The summed E-state index contributed by atoms with van der Waals surface area (Å²) in [6.07, 6.45) is 2.90. The number of carboxylic acids is 1. The second kappa shape index (κ2) is 24.9. The molecule has 360 valence electrons. The van der Waals surface area contributed by atoms with Crippen LogP contribution in [-0.2, 0) is 49.6 Å². The van der Waals surface area contributed by atoms with Crippen molar-refractivity contribution in [1.82, 2.24) is 47.1 Å². The van der Waals surface area contributed by atoms with Crippen LogP contribution >= 0.6 is 0 Å². The number of nitrogens with two attached hydrogens (primary N) is 1. The average molecular weight is 911 g/mol. The maximum atomic E-state index is 14.1. The van der Waals surface area contributed by atoms with Crippen LogP contribution in [0.4, 0.5) is 0 Å². The van der Waals surface area contributed by atoms with Gasteiger partial charge in [-0.15, -0.1) is 0 Å². The first-order valence-corrected chi connectivity index (χ1v) is 22.4. The van der Waals surface area contributed by atoms with Crippen LogP contribution in [0.2, 0.25) is 0 Å². The fraction of sp³-hybridized carbons (Fsp3) is 0.622. The summed E-state index contributed by atoms with van der Waals surface area (Å²) in [5.74, 6) is -7.29. The summed E-state index contributed by atoms with van der Waals surface area (Å²) in [4.78, 5) is 124. The Labute approximate surface area is 380 Å². The van der Waals surface area contributed by atoms with Gasteiger partial charge < -0.3 is 57.9 Å². The molecule has 1 aromatic heterocycles. The first-order chi connectivity index (χ1) is 30.5. The molecule has 65 heavy (non-hydrogen) atoms. The van der Waals surface area contributed by atoms with E-state index in [9.17, 15) is 48.3 Å². The molecule has 0 spiro atoms. The highest BCUT2D eigenvalue weighted by atomic mass is 16.4. The van der Waals surface area contributed by atoms with Crippen LogP contribution in [0.1, 0.15) is 93.6 Å². The third-order valence-electron chi connectivity index (χ3n) is 11.1. The number of carbonyl (C=O) groups excluding carboxylic acids is 8. The number of rotatable bonds is 24. The Balaban J connectivity index is 1.74. The van der Waals surface area contributed by atoms with E-state index in [0.717, 1.165) is 10.9 Å². The number of aliphatic carboxylic acids is 1. The summed E-state index contributed by atoms with van der Waals surface area (Å²) in [7, 11) is 0. The van der Waals surface area contributed by atoms with Crippen LogP contribution in [0, 0.1) is 23.7 Å². The number of para-hydroxylation sites is 1. The third-order valence-corrected chi connectivity index (χ3v) is 11.1. The third kappa shape index (κ3) is 15.9. The van der Waals surface area contributed by atoms with Gasteiger partial charge in [0.2, 0.25) is 47.3 Å². The number of nitrogens with zero attached hydrogens (tertiary/aromatic N) is 1. The monoisotopic (exact) mass is 911 g/mol. The Kier molecular flexibility index (Phi) is 20.4. The van der Waals surface area contributed by atoms with Gasteiger partial charge in [0.1, 0.15) is 42.3 Å². The van der Waals surface area contributed by atoms with Gasteiger partial charge in [0.25, 0.3) is 0 Å². The van der Waals surface area contributed by atoms with E-state index in [1.54, 1.807) is 33.9 Å². The molecule has 2 aromatic rings. The van der Waals surface area contributed by atoms with E-state index in [4.69, 9.17) is 5.73 Å². The van der Waals surface area contributed by atoms with Crippen LogP contribution in [0.3, 0.4) is 0 Å². The number of aromatic amines is 1. The molecular weight excluding hydrogens is 841 g/mol. The number of benzene rings is 1. The predicted molar refractivity (Wildman–Crippen MR) is 242 cm³/mol. The standard InChI is InChI=1S/C45H70N10O10/c1-23(2)17-31(40(59)48-22-36(57)53-37(25(5)6)44(63)55-16-12-15-34(55)43(62)54-38(26(7)8)45(64)65)51-41(60)32(18-24(3)4)52-42(61)33(50-39(58)27(9)49-35(56)20-46)19-28-21-47-30-14-11-10-13-29(28)30/h10-11,13-14,21,23-27,31-34,37-38,47H,12,15-20,22,46H2,1-9H3,(H,48,59)(H,49,56)(H,50,58)(H,51,60)(H,52,61)(H,53,57)(H,54,62)(H,64,65)/t27-,31-,32-,33-,34-,37-,38-/m0/s1. The number of nitrogens with one attached hydrogen (secondary N) is 8. The summed E-state index contributed by atoms with van der Waals surface area (Å²) in [6, 6.07) is -0.240. The van der Waals surface area contributed by atoms with Gasteiger partial charge in [0.05, 0.1) is 13.1 Å². The summed E-state index contributed by atoms with van der Waals surface area (Å²) in [5, 5.41) is 28.9. The molecular formula is C45H70N10O10. The van der Waals surface area contributed by atoms with Gasteiger partial charge in [0, 0.05) is 30.1 Å². The molecule has 3 rings (SSSR count). The molecule has 1 saturated heterocycles. The topological polar surface area (TPSA) is 303 Å². The molecule has 2 heterocycles. The number of likely N-dealkylation sites (tertiary alicyclic amines) is 1. The predicted octanol–water partition coefficient (Wildman–Crippen LogP) is 0.194. The minimum atomic E-state index is -1.20. The van der Waals surface area contributed by atoms with Crippen molar-refractivity contribution in [2.75, 3.05) is 19.6 Å². The van der Waals surface area contributed by atoms with Crippen molar-refractivity contribution in [2.45, 2.75) is 137 Å². The molecule has 1 fully saturated rings. The lowest BCUT2D eigenvalue weighted by molar-refractivity contribution is -0.146. The maximum absolute atomic E-state index is 14.1. The zero-order valence-corrected chi connectivity index (χ0v) is 39.0. The second-order valence-corrected chi connectivity index (χ2v) is 18.3. The Bertz CT molecular complexity index is 2020. The van der Waals surface area contributed by atoms with E-state index >= 15 is 0 Å². The Morgan fingerprint density at radius 2 is 1.28 bits per heavy atom. The summed E-state index contributed by atoms with van der Waals surface area (Å²) >= 11 is 0. The van der Waals surface area contributed by atoms with E-state index in [1.165, 1.54) is 11.8 Å². The van der Waals surface area contributed by atoms with Crippen molar-refractivity contribution in [1.29, 1.82) is 0 Å². The molecule has 0 saturated carbocycles. The van der Waals surface area contributed by atoms with Crippen molar-refractivity contribution < 1.29 is 48.3 Å². The summed E-state index contributed by atoms with van der Waals surface area (Å²) in [5.41, 5.74) is 6.93. The number of aromatic nitrogens is 1. The first kappa shape index (κ1) is 53.3. The largest absolute Gasteiger partial charge is 0.480 e. The number of fused-ring (bicyclic) bond motifs is 1. The molecule has 0 aliphatic carbocycles. The zero-order chi connectivity index (χ0) is 48.7. The molecule has 1 aromatic carbocycles. The van der Waals surface area contributed by atoms with Crippen molar-refractivity contribution in [3.05, 3.63) is 36.0 Å². The summed E-state index contributed by atoms with van der Waals surface area (Å²) < 4.78 is 0. The lowest BCUT2D eigenvalue weighted by Crippen LogP contribution is -2.59. The van der Waals surface area contributed by atoms with Gasteiger partial charge in [-0.3, -0.25) is 38.4 Å². The molecule has 8 amide bonds. The highest BCUT2D eigenvalue weighted by Gasteiger charge is 2.40. The second-order valence-electron chi connectivity index (χ2n) is 18.3. The van der Waals surface area contributed by atoms with Gasteiger partial charge in [-0.25, -0.2) is 4.79 Å². The van der Waals surface area contributed by atoms with Crippen LogP contribution in [0.15, 0.2) is 30.5 Å². The quantitative estimate of drug-likeness (QED) is 0.0679. The van der Waals surface area contributed by atoms with E-state index < -0.39 is 114 Å². The molecule has 7 atom stereocenters. The van der Waals surface area contributed by atoms with E-state index in [2.05, 4.69) is 42.2 Å². The molecule has 0 unspecified atom stereocenters. The van der Waals surface area contributed by atoms with Crippen molar-refractivity contribution in [3.63, 3.8) is 0 Å².